The lowest BCUT2D eigenvalue weighted by molar-refractivity contribution is 0.0566. The Morgan fingerprint density at radius 3 is 2.55 bits per heavy atom. The third kappa shape index (κ3) is 4.02. The molecule has 1 aliphatic carbocycles. The summed E-state index contributed by atoms with van der Waals surface area (Å²) in [5.74, 6) is 0.994. The fourth-order valence-electron chi connectivity index (χ4n) is 1.52. The predicted molar refractivity (Wildman–Crippen MR) is 51.3 cm³/mol. The SMILES string of the molecule is SCCCCOC1CCCC1. The molecule has 1 aliphatic rings. The second-order valence-corrected chi connectivity index (χ2v) is 3.66. The molecule has 1 saturated carbocycles. The molecule has 0 spiro atoms. The van der Waals surface area contributed by atoms with Crippen LogP contribution in [0.1, 0.15) is 38.5 Å². The number of hydrogen-bond acceptors (Lipinski definition) is 2. The van der Waals surface area contributed by atoms with Crippen molar-refractivity contribution < 1.29 is 4.74 Å². The van der Waals surface area contributed by atoms with Gasteiger partial charge in [-0.25, -0.2) is 0 Å². The van der Waals surface area contributed by atoms with E-state index in [9.17, 15) is 0 Å². The molecule has 0 aromatic heterocycles. The van der Waals surface area contributed by atoms with Gasteiger partial charge >= 0.3 is 0 Å². The fourth-order valence-corrected chi connectivity index (χ4v) is 1.74. The van der Waals surface area contributed by atoms with Crippen LogP contribution in [0.3, 0.4) is 0 Å². The normalized spacial score (nSPS) is 19.4. The molecular weight excluding hydrogens is 156 g/mol. The average molecular weight is 174 g/mol. The predicted octanol–water partition coefficient (Wildman–Crippen LogP) is 2.66. The number of hydrogen-bond donors (Lipinski definition) is 1. The van der Waals surface area contributed by atoms with Gasteiger partial charge in [-0.3, -0.25) is 0 Å². The van der Waals surface area contributed by atoms with E-state index in [0.29, 0.717) is 6.10 Å². The Morgan fingerprint density at radius 1 is 1.18 bits per heavy atom. The first-order valence-electron chi connectivity index (χ1n) is 4.66. The molecule has 0 N–H and O–H groups in total. The highest BCUT2D eigenvalue weighted by Gasteiger charge is 2.14. The molecule has 2 heteroatoms. The molecule has 1 rings (SSSR count). The first-order valence-corrected chi connectivity index (χ1v) is 5.29. The van der Waals surface area contributed by atoms with Crippen molar-refractivity contribution in [3.8, 4) is 0 Å². The van der Waals surface area contributed by atoms with Crippen LogP contribution in [0.4, 0.5) is 0 Å². The highest BCUT2D eigenvalue weighted by atomic mass is 32.1. The molecule has 0 aliphatic heterocycles. The van der Waals surface area contributed by atoms with Crippen LogP contribution in [0.25, 0.3) is 0 Å². The summed E-state index contributed by atoms with van der Waals surface area (Å²) in [6.45, 7) is 0.950. The zero-order chi connectivity index (χ0) is 7.94. The summed E-state index contributed by atoms with van der Waals surface area (Å²) in [4.78, 5) is 0. The maximum Gasteiger partial charge on any atom is 0.0575 e. The Labute approximate surface area is 74.9 Å². The Bertz CT molecular complexity index is 89.6. The van der Waals surface area contributed by atoms with Crippen molar-refractivity contribution in [3.63, 3.8) is 0 Å². The molecule has 0 heterocycles. The molecule has 11 heavy (non-hydrogen) atoms. The van der Waals surface area contributed by atoms with Crippen molar-refractivity contribution in [2.45, 2.75) is 44.6 Å². The first-order chi connectivity index (χ1) is 5.43. The van der Waals surface area contributed by atoms with Crippen LogP contribution in [0.15, 0.2) is 0 Å². The van der Waals surface area contributed by atoms with Gasteiger partial charge in [-0.1, -0.05) is 12.8 Å². The lowest BCUT2D eigenvalue weighted by atomic mass is 10.3. The Balaban J connectivity index is 1.86. The molecule has 0 amide bonds. The standard InChI is InChI=1S/C9H18OS/c11-8-4-3-7-10-9-5-1-2-6-9/h9,11H,1-8H2. The van der Waals surface area contributed by atoms with Crippen LogP contribution in [0.2, 0.25) is 0 Å². The number of thiol groups is 1. The number of ether oxygens (including phenoxy) is 1. The summed E-state index contributed by atoms with van der Waals surface area (Å²) < 4.78 is 5.67. The van der Waals surface area contributed by atoms with Gasteiger partial charge in [-0.15, -0.1) is 0 Å². The summed E-state index contributed by atoms with van der Waals surface area (Å²) in [6, 6.07) is 0. The smallest absolute Gasteiger partial charge is 0.0575 e. The lowest BCUT2D eigenvalue weighted by Gasteiger charge is -2.09. The number of rotatable bonds is 5. The average Bonchev–Trinajstić information content (AvgIpc) is 2.50. The minimum Gasteiger partial charge on any atom is -0.378 e. The molecular formula is C9H18OS. The minimum absolute atomic E-state index is 0.593. The minimum atomic E-state index is 0.593. The molecule has 0 aromatic carbocycles. The molecule has 0 radical (unpaired) electrons. The van der Waals surface area contributed by atoms with E-state index >= 15 is 0 Å². The van der Waals surface area contributed by atoms with Crippen molar-refractivity contribution in [2.75, 3.05) is 12.4 Å². The zero-order valence-corrected chi connectivity index (χ0v) is 7.98. The third-order valence-electron chi connectivity index (χ3n) is 2.21. The molecule has 1 nitrogen and oxygen atoms in total. The van der Waals surface area contributed by atoms with Gasteiger partial charge in [0.05, 0.1) is 6.10 Å². The molecule has 1 fully saturated rings. The monoisotopic (exact) mass is 174 g/mol. The largest absolute Gasteiger partial charge is 0.378 e. The summed E-state index contributed by atoms with van der Waals surface area (Å²) >= 11 is 4.15. The van der Waals surface area contributed by atoms with Crippen molar-refractivity contribution >= 4 is 12.6 Å². The van der Waals surface area contributed by atoms with E-state index in [0.717, 1.165) is 12.4 Å². The highest BCUT2D eigenvalue weighted by molar-refractivity contribution is 7.80. The van der Waals surface area contributed by atoms with E-state index < -0.39 is 0 Å². The Hall–Kier alpha value is 0.310. The van der Waals surface area contributed by atoms with Crippen molar-refractivity contribution in [2.24, 2.45) is 0 Å². The van der Waals surface area contributed by atoms with Crippen LogP contribution < -0.4 is 0 Å². The van der Waals surface area contributed by atoms with E-state index in [-0.39, 0.29) is 0 Å². The summed E-state index contributed by atoms with van der Waals surface area (Å²) in [6.07, 6.45) is 8.29. The van der Waals surface area contributed by atoms with E-state index in [1.54, 1.807) is 0 Å². The van der Waals surface area contributed by atoms with E-state index in [4.69, 9.17) is 4.74 Å². The topological polar surface area (TPSA) is 9.23 Å². The van der Waals surface area contributed by atoms with Crippen molar-refractivity contribution in [1.82, 2.24) is 0 Å². The van der Waals surface area contributed by atoms with Gasteiger partial charge in [-0.2, -0.15) is 12.6 Å². The second-order valence-electron chi connectivity index (χ2n) is 3.21. The van der Waals surface area contributed by atoms with Gasteiger partial charge in [0.2, 0.25) is 0 Å². The zero-order valence-electron chi connectivity index (χ0n) is 7.09. The number of unbranched alkanes of at least 4 members (excludes halogenated alkanes) is 1. The lowest BCUT2D eigenvalue weighted by Crippen LogP contribution is -2.08. The molecule has 66 valence electrons. The van der Waals surface area contributed by atoms with Gasteiger partial charge in [0.1, 0.15) is 0 Å². The second kappa shape index (κ2) is 5.90. The molecule has 0 bridgehead atoms. The van der Waals surface area contributed by atoms with Gasteiger partial charge in [0.25, 0.3) is 0 Å². The van der Waals surface area contributed by atoms with E-state index in [1.165, 1.54) is 38.5 Å². The maximum absolute atomic E-state index is 5.67. The van der Waals surface area contributed by atoms with Crippen LogP contribution in [-0.4, -0.2) is 18.5 Å². The van der Waals surface area contributed by atoms with Crippen LogP contribution in [-0.2, 0) is 4.74 Å². The van der Waals surface area contributed by atoms with Crippen molar-refractivity contribution in [1.29, 1.82) is 0 Å². The quantitative estimate of drug-likeness (QED) is 0.498. The van der Waals surface area contributed by atoms with Gasteiger partial charge in [0.15, 0.2) is 0 Å². The molecule has 0 saturated heterocycles. The Kier molecular flexibility index (Phi) is 5.04. The summed E-state index contributed by atoms with van der Waals surface area (Å²) in [5, 5.41) is 0. The fraction of sp³-hybridized carbons (Fsp3) is 1.00. The van der Waals surface area contributed by atoms with E-state index in [2.05, 4.69) is 12.6 Å². The maximum atomic E-state index is 5.67. The van der Waals surface area contributed by atoms with E-state index in [1.807, 2.05) is 0 Å². The van der Waals surface area contributed by atoms with Gasteiger partial charge in [-0.05, 0) is 31.4 Å². The van der Waals surface area contributed by atoms with Crippen LogP contribution in [0.5, 0.6) is 0 Å². The highest BCUT2D eigenvalue weighted by Crippen LogP contribution is 2.20. The third-order valence-corrected chi connectivity index (χ3v) is 2.52. The molecule has 0 unspecified atom stereocenters. The first kappa shape index (κ1) is 9.40. The van der Waals surface area contributed by atoms with Crippen LogP contribution in [0, 0.1) is 0 Å². The van der Waals surface area contributed by atoms with Crippen molar-refractivity contribution in [3.05, 3.63) is 0 Å². The Morgan fingerprint density at radius 2 is 1.91 bits per heavy atom. The summed E-state index contributed by atoms with van der Waals surface area (Å²) in [5.41, 5.74) is 0. The molecule has 0 aromatic rings. The van der Waals surface area contributed by atoms with Crippen LogP contribution >= 0.6 is 12.6 Å². The molecule has 0 atom stereocenters. The van der Waals surface area contributed by atoms with Gasteiger partial charge < -0.3 is 4.74 Å². The summed E-state index contributed by atoms with van der Waals surface area (Å²) in [7, 11) is 0. The van der Waals surface area contributed by atoms with Gasteiger partial charge in [0, 0.05) is 6.61 Å².